The summed E-state index contributed by atoms with van der Waals surface area (Å²) in [6.07, 6.45) is 0. The van der Waals surface area contributed by atoms with Crippen molar-refractivity contribution in [3.63, 3.8) is 0 Å². The first-order chi connectivity index (χ1) is 13.8. The molecule has 0 saturated heterocycles. The standard InChI is InChI=1S/C7H8.6CH4N2S/c1-7-5-3-2-4-6-7;6*2-1(3)4/h2-6H,1H3;6*(H4,2,3,4). The Morgan fingerprint density at radius 2 is 0.548 bits per heavy atom. The molecular formula is C13H32N12S6. The molecule has 0 saturated carbocycles. The maximum absolute atomic E-state index is 4.62. The molecule has 0 aliphatic rings. The Hall–Kier alpha value is -2.64. The molecule has 0 fully saturated rings. The van der Waals surface area contributed by atoms with Crippen LogP contribution in [0.5, 0.6) is 0 Å². The van der Waals surface area contributed by atoms with Crippen LogP contribution in [-0.4, -0.2) is 30.7 Å². The molecule has 0 atom stereocenters. The molecule has 18 heteroatoms. The highest BCUT2D eigenvalue weighted by Crippen LogP contribution is 1.92. The minimum absolute atomic E-state index is 0.000000000000000222. The van der Waals surface area contributed by atoms with E-state index in [1.807, 2.05) is 18.2 Å². The van der Waals surface area contributed by atoms with E-state index in [1.165, 1.54) is 5.56 Å². The van der Waals surface area contributed by atoms with Crippen LogP contribution in [0.25, 0.3) is 0 Å². The fourth-order valence-electron chi connectivity index (χ4n) is 0.534. The van der Waals surface area contributed by atoms with Gasteiger partial charge in [0.1, 0.15) is 0 Å². The van der Waals surface area contributed by atoms with Crippen molar-refractivity contribution in [3.8, 4) is 0 Å². The highest BCUT2D eigenvalue weighted by atomic mass is 32.1. The zero-order chi connectivity index (χ0) is 26.6. The van der Waals surface area contributed by atoms with E-state index in [1.54, 1.807) is 0 Å². The monoisotopic (exact) mass is 548 g/mol. The first-order valence-electron chi connectivity index (χ1n) is 7.10. The van der Waals surface area contributed by atoms with E-state index in [4.69, 9.17) is 0 Å². The third kappa shape index (κ3) is 612. The summed E-state index contributed by atoms with van der Waals surface area (Å²) in [5, 5.41) is 0.00000000000000133. The van der Waals surface area contributed by atoms with E-state index in [9.17, 15) is 0 Å². The normalized spacial score (nSPS) is 6.61. The van der Waals surface area contributed by atoms with Crippen LogP contribution in [0.15, 0.2) is 30.3 Å². The van der Waals surface area contributed by atoms with Gasteiger partial charge in [0.2, 0.25) is 0 Å². The molecule has 0 aromatic heterocycles. The molecule has 0 aliphatic carbocycles. The number of aryl methyl sites for hydroxylation is 1. The van der Waals surface area contributed by atoms with Crippen molar-refractivity contribution in [2.75, 3.05) is 0 Å². The van der Waals surface area contributed by atoms with Crippen molar-refractivity contribution in [2.24, 2.45) is 68.8 Å². The van der Waals surface area contributed by atoms with Gasteiger partial charge >= 0.3 is 0 Å². The predicted octanol–water partition coefficient (Wildman–Crippen LogP) is -2.87. The van der Waals surface area contributed by atoms with Crippen molar-refractivity contribution >= 4 is 104 Å². The van der Waals surface area contributed by atoms with Gasteiger partial charge < -0.3 is 68.8 Å². The van der Waals surface area contributed by atoms with Gasteiger partial charge in [-0.25, -0.2) is 0 Å². The second kappa shape index (κ2) is 34.8. The minimum Gasteiger partial charge on any atom is -0.377 e. The molecule has 1 rings (SSSR count). The Labute approximate surface area is 214 Å². The average molecular weight is 549 g/mol. The molecule has 0 heterocycles. The van der Waals surface area contributed by atoms with Crippen LogP contribution in [0.1, 0.15) is 5.56 Å². The Morgan fingerprint density at radius 3 is 0.613 bits per heavy atom. The summed E-state index contributed by atoms with van der Waals surface area (Å²) in [6, 6.07) is 10.3. The van der Waals surface area contributed by atoms with E-state index in [-0.39, 0.29) is 30.7 Å². The predicted molar refractivity (Wildman–Crippen MR) is 157 cm³/mol. The molecule has 0 bridgehead atoms. The highest BCUT2D eigenvalue weighted by molar-refractivity contribution is 7.81. The van der Waals surface area contributed by atoms with Gasteiger partial charge in [-0.05, 0) is 80.2 Å². The van der Waals surface area contributed by atoms with E-state index in [0.29, 0.717) is 0 Å². The summed E-state index contributed by atoms with van der Waals surface area (Å²) in [5.74, 6) is 0. The third-order valence-electron chi connectivity index (χ3n) is 0.940. The van der Waals surface area contributed by atoms with Crippen LogP contribution >= 0.6 is 73.3 Å². The largest absolute Gasteiger partial charge is 0.377 e. The highest BCUT2D eigenvalue weighted by Gasteiger charge is 1.72. The summed E-state index contributed by atoms with van der Waals surface area (Å²) in [4.78, 5) is 0. The third-order valence-corrected chi connectivity index (χ3v) is 0.940. The quantitative estimate of drug-likeness (QED) is 0.145. The number of hydrogen-bond acceptors (Lipinski definition) is 6. The van der Waals surface area contributed by atoms with Gasteiger partial charge in [-0.3, -0.25) is 0 Å². The molecule has 0 amide bonds. The average Bonchev–Trinajstić information content (AvgIpc) is 2.44. The first-order valence-corrected chi connectivity index (χ1v) is 9.55. The lowest BCUT2D eigenvalue weighted by molar-refractivity contribution is 1.48. The molecule has 1 aromatic rings. The number of hydrogen-bond donors (Lipinski definition) is 12. The second-order valence-corrected chi connectivity index (χ2v) is 6.90. The number of thiocarbonyl (C=S) groups is 6. The number of benzene rings is 1. The Morgan fingerprint density at radius 1 is 0.419 bits per heavy atom. The van der Waals surface area contributed by atoms with Crippen LogP contribution in [0.3, 0.4) is 0 Å². The molecule has 0 spiro atoms. The molecule has 0 unspecified atom stereocenters. The van der Waals surface area contributed by atoms with E-state index >= 15 is 0 Å². The smallest absolute Gasteiger partial charge is 0.160 e. The topological polar surface area (TPSA) is 312 Å². The lowest BCUT2D eigenvalue weighted by Crippen LogP contribution is -2.18. The van der Waals surface area contributed by atoms with Crippen LogP contribution in [0.4, 0.5) is 0 Å². The lowest BCUT2D eigenvalue weighted by Gasteiger charge is -1.82. The van der Waals surface area contributed by atoms with Crippen molar-refractivity contribution in [1.82, 2.24) is 0 Å². The first kappa shape index (κ1) is 42.5. The van der Waals surface area contributed by atoms with Gasteiger partial charge in [-0.1, -0.05) is 35.9 Å². The zero-order valence-corrected chi connectivity index (χ0v) is 21.7. The second-order valence-electron chi connectivity index (χ2n) is 4.07. The summed E-state index contributed by atoms with van der Waals surface area (Å²) < 4.78 is 0. The summed E-state index contributed by atoms with van der Waals surface area (Å²) in [7, 11) is 0. The summed E-state index contributed by atoms with van der Waals surface area (Å²) >= 11 is 24.6. The van der Waals surface area contributed by atoms with E-state index < -0.39 is 0 Å². The number of nitrogens with two attached hydrogens (primary N) is 12. The van der Waals surface area contributed by atoms with Gasteiger partial charge in [0.05, 0.1) is 0 Å². The van der Waals surface area contributed by atoms with Crippen molar-refractivity contribution in [2.45, 2.75) is 6.92 Å². The lowest BCUT2D eigenvalue weighted by atomic mass is 10.2. The molecule has 31 heavy (non-hydrogen) atoms. The molecule has 24 N–H and O–H groups in total. The van der Waals surface area contributed by atoms with E-state index in [0.717, 1.165) is 0 Å². The Bertz CT molecular complexity index is 510. The Balaban J connectivity index is -0.0000000599. The fourth-order valence-corrected chi connectivity index (χ4v) is 0.534. The SMILES string of the molecule is Cc1ccccc1.NC(N)=S.NC(N)=S.NC(N)=S.NC(N)=S.NC(N)=S.NC(N)=S. The number of rotatable bonds is 0. The van der Waals surface area contributed by atoms with Crippen LogP contribution < -0.4 is 68.8 Å². The summed E-state index contributed by atoms with van der Waals surface area (Å²) in [6.45, 7) is 2.08. The van der Waals surface area contributed by atoms with Crippen LogP contribution in [0, 0.1) is 6.92 Å². The molecule has 180 valence electrons. The minimum atomic E-state index is 0.000000000000000222. The van der Waals surface area contributed by atoms with Crippen LogP contribution in [-0.2, 0) is 0 Å². The molecule has 1 aromatic carbocycles. The van der Waals surface area contributed by atoms with Gasteiger partial charge in [0, 0.05) is 0 Å². The van der Waals surface area contributed by atoms with Crippen molar-refractivity contribution in [1.29, 1.82) is 0 Å². The molecule has 0 aliphatic heterocycles. The van der Waals surface area contributed by atoms with Crippen LogP contribution in [0.2, 0.25) is 0 Å². The van der Waals surface area contributed by atoms with Gasteiger partial charge in [0.25, 0.3) is 0 Å². The maximum Gasteiger partial charge on any atom is 0.160 e. The molecule has 0 radical (unpaired) electrons. The van der Waals surface area contributed by atoms with Crippen molar-refractivity contribution in [3.05, 3.63) is 35.9 Å². The zero-order valence-electron chi connectivity index (χ0n) is 16.8. The fraction of sp³-hybridized carbons (Fsp3) is 0.0769. The van der Waals surface area contributed by atoms with Gasteiger partial charge in [-0.2, -0.15) is 0 Å². The molecule has 12 nitrogen and oxygen atoms in total. The maximum atomic E-state index is 4.62. The van der Waals surface area contributed by atoms with Gasteiger partial charge in [-0.15, -0.1) is 0 Å². The Kier molecular flexibility index (Phi) is 47.7. The van der Waals surface area contributed by atoms with E-state index in [2.05, 4.69) is 161 Å². The van der Waals surface area contributed by atoms with Crippen molar-refractivity contribution < 1.29 is 0 Å². The molecular weight excluding hydrogens is 517 g/mol. The van der Waals surface area contributed by atoms with Gasteiger partial charge in [0.15, 0.2) is 30.7 Å². The summed E-state index contributed by atoms with van der Waals surface area (Å²) in [5.41, 5.74) is 56.8.